The molecule has 4 rings (SSSR count). The van der Waals surface area contributed by atoms with Crippen LogP contribution in [0, 0.1) is 5.92 Å². The van der Waals surface area contributed by atoms with E-state index in [-0.39, 0.29) is 6.10 Å². The first-order chi connectivity index (χ1) is 14.6. The van der Waals surface area contributed by atoms with E-state index in [9.17, 15) is 5.11 Å². The van der Waals surface area contributed by atoms with Gasteiger partial charge >= 0.3 is 0 Å². The minimum absolute atomic E-state index is 0.201. The summed E-state index contributed by atoms with van der Waals surface area (Å²) in [6.45, 7) is 9.14. The predicted molar refractivity (Wildman–Crippen MR) is 123 cm³/mol. The SMILES string of the molecule is CCN1CC(CC(C)OC2CCN(c3ccccc3)C2)CC(O)(c2ccccc2)C1. The Morgan fingerprint density at radius 3 is 2.47 bits per heavy atom. The Kier molecular flexibility index (Phi) is 6.77. The molecular formula is C26H36N2O2. The summed E-state index contributed by atoms with van der Waals surface area (Å²) in [5, 5.41) is 11.5. The molecule has 4 unspecified atom stereocenters. The van der Waals surface area contributed by atoms with Crippen LogP contribution < -0.4 is 4.90 Å². The Morgan fingerprint density at radius 1 is 1.07 bits per heavy atom. The van der Waals surface area contributed by atoms with Gasteiger partial charge in [-0.2, -0.15) is 0 Å². The quantitative estimate of drug-likeness (QED) is 0.741. The van der Waals surface area contributed by atoms with Crippen molar-refractivity contribution in [2.75, 3.05) is 37.6 Å². The Bertz CT molecular complexity index is 784. The van der Waals surface area contributed by atoms with E-state index in [0.717, 1.165) is 51.0 Å². The zero-order chi connectivity index (χ0) is 21.0. The summed E-state index contributed by atoms with van der Waals surface area (Å²) in [6, 6.07) is 20.8. The zero-order valence-corrected chi connectivity index (χ0v) is 18.4. The smallest absolute Gasteiger partial charge is 0.103 e. The fourth-order valence-corrected chi connectivity index (χ4v) is 5.33. The number of rotatable bonds is 7. The molecule has 0 radical (unpaired) electrons. The average Bonchev–Trinajstić information content (AvgIpc) is 3.23. The highest BCUT2D eigenvalue weighted by Crippen LogP contribution is 2.36. The van der Waals surface area contributed by atoms with Crippen molar-refractivity contribution >= 4 is 5.69 Å². The second kappa shape index (κ2) is 9.51. The van der Waals surface area contributed by atoms with Crippen molar-refractivity contribution in [3.63, 3.8) is 0 Å². The molecule has 0 aromatic heterocycles. The molecule has 0 bridgehead atoms. The van der Waals surface area contributed by atoms with Crippen LogP contribution >= 0.6 is 0 Å². The van der Waals surface area contributed by atoms with E-state index in [0.29, 0.717) is 18.6 Å². The maximum absolute atomic E-state index is 11.5. The third kappa shape index (κ3) is 5.05. The van der Waals surface area contributed by atoms with Gasteiger partial charge in [0.1, 0.15) is 5.60 Å². The molecule has 1 N–H and O–H groups in total. The standard InChI is InChI=1S/C26H36N2O2/c1-3-27-18-22(17-26(29,20-27)23-10-6-4-7-11-23)16-21(2)30-25-14-15-28(19-25)24-12-8-5-9-13-24/h4-13,21-22,25,29H,3,14-20H2,1-2H3. The molecule has 2 heterocycles. The lowest BCUT2D eigenvalue weighted by molar-refractivity contribution is -0.0729. The van der Waals surface area contributed by atoms with E-state index in [4.69, 9.17) is 4.74 Å². The number of hydrogen-bond acceptors (Lipinski definition) is 4. The van der Waals surface area contributed by atoms with E-state index in [2.05, 4.69) is 66.1 Å². The molecule has 0 saturated carbocycles. The van der Waals surface area contributed by atoms with Gasteiger partial charge < -0.3 is 19.6 Å². The van der Waals surface area contributed by atoms with Crippen molar-refractivity contribution in [2.24, 2.45) is 5.92 Å². The number of likely N-dealkylation sites (N-methyl/N-ethyl adjacent to an activating group) is 1. The molecule has 2 saturated heterocycles. The number of ether oxygens (including phenoxy) is 1. The van der Waals surface area contributed by atoms with E-state index >= 15 is 0 Å². The second-order valence-electron chi connectivity index (χ2n) is 9.17. The Labute approximate surface area is 181 Å². The molecular weight excluding hydrogens is 372 g/mol. The number of likely N-dealkylation sites (tertiary alicyclic amines) is 1. The highest BCUT2D eigenvalue weighted by atomic mass is 16.5. The van der Waals surface area contributed by atoms with Gasteiger partial charge in [-0.25, -0.2) is 0 Å². The largest absolute Gasteiger partial charge is 0.384 e. The first-order valence-corrected chi connectivity index (χ1v) is 11.5. The number of hydrogen-bond donors (Lipinski definition) is 1. The first kappa shape index (κ1) is 21.4. The number of β-amino-alcohol motifs (C(OH)–C–C–N with tert-alkyl or cyclic N) is 1. The maximum Gasteiger partial charge on any atom is 0.103 e. The van der Waals surface area contributed by atoms with Gasteiger partial charge in [0.05, 0.1) is 12.2 Å². The Morgan fingerprint density at radius 2 is 1.77 bits per heavy atom. The molecule has 162 valence electrons. The summed E-state index contributed by atoms with van der Waals surface area (Å²) >= 11 is 0. The van der Waals surface area contributed by atoms with Gasteiger partial charge in [0.15, 0.2) is 0 Å². The van der Waals surface area contributed by atoms with Crippen LogP contribution in [0.25, 0.3) is 0 Å². The van der Waals surface area contributed by atoms with Crippen LogP contribution in [0.2, 0.25) is 0 Å². The van der Waals surface area contributed by atoms with Crippen molar-refractivity contribution in [3.8, 4) is 0 Å². The van der Waals surface area contributed by atoms with Crippen molar-refractivity contribution in [1.82, 2.24) is 4.90 Å². The third-order valence-corrected chi connectivity index (χ3v) is 6.74. The molecule has 4 nitrogen and oxygen atoms in total. The molecule has 2 aromatic carbocycles. The minimum atomic E-state index is -0.766. The topological polar surface area (TPSA) is 35.9 Å². The molecule has 0 amide bonds. The molecule has 2 aliphatic rings. The van der Waals surface area contributed by atoms with Crippen LogP contribution in [0.4, 0.5) is 5.69 Å². The first-order valence-electron chi connectivity index (χ1n) is 11.5. The molecule has 4 atom stereocenters. The number of piperidine rings is 1. The van der Waals surface area contributed by atoms with Crippen LogP contribution in [0.3, 0.4) is 0 Å². The van der Waals surface area contributed by atoms with Crippen molar-refractivity contribution in [1.29, 1.82) is 0 Å². The van der Waals surface area contributed by atoms with E-state index in [1.165, 1.54) is 5.69 Å². The second-order valence-corrected chi connectivity index (χ2v) is 9.17. The lowest BCUT2D eigenvalue weighted by Gasteiger charge is -2.44. The highest BCUT2D eigenvalue weighted by Gasteiger charge is 2.39. The molecule has 4 heteroatoms. The zero-order valence-electron chi connectivity index (χ0n) is 18.4. The highest BCUT2D eigenvalue weighted by molar-refractivity contribution is 5.47. The molecule has 0 spiro atoms. The van der Waals surface area contributed by atoms with Crippen molar-refractivity contribution < 1.29 is 9.84 Å². The van der Waals surface area contributed by atoms with Crippen LogP contribution in [-0.2, 0) is 10.3 Å². The molecule has 2 aromatic rings. The number of benzene rings is 2. The van der Waals surface area contributed by atoms with Gasteiger partial charge in [-0.3, -0.25) is 0 Å². The van der Waals surface area contributed by atoms with Gasteiger partial charge in [-0.05, 0) is 56.3 Å². The summed E-state index contributed by atoms with van der Waals surface area (Å²) in [5.74, 6) is 0.436. The fraction of sp³-hybridized carbons (Fsp3) is 0.538. The van der Waals surface area contributed by atoms with E-state index < -0.39 is 5.60 Å². The van der Waals surface area contributed by atoms with E-state index in [1.54, 1.807) is 0 Å². The summed E-state index contributed by atoms with van der Waals surface area (Å²) in [6.07, 6.45) is 3.38. The number of aliphatic hydroxyl groups is 1. The van der Waals surface area contributed by atoms with Crippen molar-refractivity contribution in [3.05, 3.63) is 66.2 Å². The van der Waals surface area contributed by atoms with Crippen LogP contribution in [-0.4, -0.2) is 54.9 Å². The summed E-state index contributed by atoms with van der Waals surface area (Å²) < 4.78 is 6.47. The number of nitrogens with zero attached hydrogens (tertiary/aromatic N) is 2. The molecule has 0 aliphatic carbocycles. The molecule has 2 fully saturated rings. The lowest BCUT2D eigenvalue weighted by Crippen LogP contribution is -2.50. The number of anilines is 1. The maximum atomic E-state index is 11.5. The lowest BCUT2D eigenvalue weighted by atomic mass is 9.78. The fourth-order valence-electron chi connectivity index (χ4n) is 5.33. The normalized spacial score (nSPS) is 28.6. The van der Waals surface area contributed by atoms with Gasteiger partial charge in [-0.15, -0.1) is 0 Å². The minimum Gasteiger partial charge on any atom is -0.384 e. The van der Waals surface area contributed by atoms with Crippen LogP contribution in [0.1, 0.15) is 38.7 Å². The average molecular weight is 409 g/mol. The van der Waals surface area contributed by atoms with Crippen molar-refractivity contribution in [2.45, 2.75) is 50.9 Å². The third-order valence-electron chi connectivity index (χ3n) is 6.74. The monoisotopic (exact) mass is 408 g/mol. The van der Waals surface area contributed by atoms with Gasteiger partial charge in [0.25, 0.3) is 0 Å². The predicted octanol–water partition coefficient (Wildman–Crippen LogP) is 4.29. The Balaban J connectivity index is 1.34. The number of para-hydroxylation sites is 1. The Hall–Kier alpha value is -1.88. The van der Waals surface area contributed by atoms with Gasteiger partial charge in [0, 0.05) is 31.9 Å². The van der Waals surface area contributed by atoms with Crippen LogP contribution in [0.5, 0.6) is 0 Å². The molecule has 30 heavy (non-hydrogen) atoms. The summed E-state index contributed by atoms with van der Waals surface area (Å²) in [5.41, 5.74) is 1.56. The molecule has 2 aliphatic heterocycles. The summed E-state index contributed by atoms with van der Waals surface area (Å²) in [7, 11) is 0. The van der Waals surface area contributed by atoms with Gasteiger partial charge in [-0.1, -0.05) is 55.5 Å². The van der Waals surface area contributed by atoms with Crippen LogP contribution in [0.15, 0.2) is 60.7 Å². The summed E-state index contributed by atoms with van der Waals surface area (Å²) in [4.78, 5) is 4.81. The van der Waals surface area contributed by atoms with Gasteiger partial charge in [0.2, 0.25) is 0 Å². The van der Waals surface area contributed by atoms with E-state index in [1.807, 2.05) is 18.2 Å².